The van der Waals surface area contributed by atoms with E-state index in [0.717, 1.165) is 37.7 Å². The summed E-state index contributed by atoms with van der Waals surface area (Å²) < 4.78 is 25.6. The van der Waals surface area contributed by atoms with Crippen LogP contribution >= 0.6 is 0 Å². The van der Waals surface area contributed by atoms with Crippen LogP contribution in [-0.4, -0.2) is 54.1 Å². The second-order valence-electron chi connectivity index (χ2n) is 20.3. The second kappa shape index (κ2) is 11.8. The summed E-state index contributed by atoms with van der Waals surface area (Å²) in [6.45, 7) is 18.3. The van der Waals surface area contributed by atoms with Crippen molar-refractivity contribution in [2.45, 2.75) is 144 Å². The number of esters is 4. The lowest BCUT2D eigenvalue weighted by molar-refractivity contribution is -0.157. The number of Topliss-reactive ketones (excluding diaryl/α,β-unsaturated/α-hetero) is 1. The van der Waals surface area contributed by atoms with E-state index in [1.807, 2.05) is 0 Å². The van der Waals surface area contributed by atoms with E-state index in [0.29, 0.717) is 44.1 Å². The average molecular weight is 767 g/mol. The SMILES string of the molecule is C=C1C(=O)O[C@H]2[C@@H]1CCC1=C(C)[C@H]3CC1(C[C@@]31C(=O)O[C@H]3C[C@H](C)[C@@]45C[C@@]6(C(=O)O[C@@H]7C[C@H](C)C(CCC(C)=O)=CC[C@@H]76)[C@@H](C(C)=C4C[C@@H]31)C5OC(C)=O)[C@H]2C. The molecule has 0 aromatic rings. The van der Waals surface area contributed by atoms with Gasteiger partial charge < -0.3 is 23.7 Å². The summed E-state index contributed by atoms with van der Waals surface area (Å²) in [4.78, 5) is 67.2. The van der Waals surface area contributed by atoms with Crippen LogP contribution in [0.1, 0.15) is 119 Å². The monoisotopic (exact) mass is 766 g/mol. The predicted octanol–water partition coefficient (Wildman–Crippen LogP) is 7.72. The summed E-state index contributed by atoms with van der Waals surface area (Å²) in [6.07, 6.45) is 8.85. The molecule has 4 bridgehead atoms. The third-order valence-corrected chi connectivity index (χ3v) is 18.6. The van der Waals surface area contributed by atoms with Crippen LogP contribution in [-0.2, 0) is 42.9 Å². The molecule has 0 aromatic heterocycles. The van der Waals surface area contributed by atoms with Crippen molar-refractivity contribution in [3.8, 4) is 0 Å². The molecule has 300 valence electrons. The number of ketones is 1. The zero-order valence-electron chi connectivity index (χ0n) is 34.2. The van der Waals surface area contributed by atoms with Crippen LogP contribution in [0.3, 0.4) is 0 Å². The topological polar surface area (TPSA) is 122 Å². The normalized spacial score (nSPS) is 49.4. The zero-order valence-corrected chi connectivity index (χ0v) is 34.2. The maximum Gasteiger partial charge on any atom is 0.334 e. The molecule has 9 nitrogen and oxygen atoms in total. The van der Waals surface area contributed by atoms with Crippen molar-refractivity contribution in [2.75, 3.05) is 0 Å². The number of ether oxygens (including phenoxy) is 4. The quantitative estimate of drug-likeness (QED) is 0.123. The predicted molar refractivity (Wildman–Crippen MR) is 204 cm³/mol. The van der Waals surface area contributed by atoms with Crippen molar-refractivity contribution in [2.24, 2.45) is 69.0 Å². The summed E-state index contributed by atoms with van der Waals surface area (Å²) in [7, 11) is 0. The minimum Gasteiger partial charge on any atom is -0.462 e. The summed E-state index contributed by atoms with van der Waals surface area (Å²) in [5.41, 5.74) is 4.69. The lowest BCUT2D eigenvalue weighted by atomic mass is 9.56. The van der Waals surface area contributed by atoms with Crippen LogP contribution in [0, 0.1) is 69.0 Å². The Labute approximate surface area is 330 Å². The van der Waals surface area contributed by atoms with E-state index >= 15 is 0 Å². The van der Waals surface area contributed by atoms with E-state index in [4.69, 9.17) is 18.9 Å². The van der Waals surface area contributed by atoms with E-state index in [9.17, 15) is 24.0 Å². The Morgan fingerprint density at radius 2 is 1.61 bits per heavy atom. The van der Waals surface area contributed by atoms with Crippen molar-refractivity contribution in [3.63, 3.8) is 0 Å². The van der Waals surface area contributed by atoms with Crippen LogP contribution in [0.15, 0.2) is 46.1 Å². The first-order chi connectivity index (χ1) is 26.5. The molecule has 10 aliphatic rings. The lowest BCUT2D eigenvalue weighted by Crippen LogP contribution is -2.45. The van der Waals surface area contributed by atoms with Crippen LogP contribution in [0.2, 0.25) is 0 Å². The molecule has 0 N–H and O–H groups in total. The van der Waals surface area contributed by atoms with Gasteiger partial charge in [-0.25, -0.2) is 4.79 Å². The van der Waals surface area contributed by atoms with Gasteiger partial charge in [0.15, 0.2) is 0 Å². The standard InChI is InChI=1S/C47H58O9/c1-21-15-36-32(13-11-29(21)10-9-23(3)48)47(43(52)54-36)20-45-22(2)16-37-34(17-33(45)26(6)38(47)40(45)53-28(8)49)46(42(51)55-37)19-44-18-35(46)25(5)31(44)14-12-30-24(4)41(50)56-39(30)27(44)7/h11,21-22,27,30,32,34-40H,4,9-10,12-20H2,1-3,5-8H3/t21-,22-,27-,30+,32-,34-,35+,36+,37-,38-,39+,40?,44?,45-,46-,47-/m0/s1. The van der Waals surface area contributed by atoms with Crippen LogP contribution in [0.25, 0.3) is 0 Å². The molecule has 0 aromatic carbocycles. The lowest BCUT2D eigenvalue weighted by Gasteiger charge is -2.45. The fourth-order valence-electron chi connectivity index (χ4n) is 16.2. The van der Waals surface area contributed by atoms with Crippen LogP contribution in [0.5, 0.6) is 0 Å². The number of carbonyl (C=O) groups is 5. The third kappa shape index (κ3) is 4.26. The Balaban J connectivity index is 1.05. The highest BCUT2D eigenvalue weighted by molar-refractivity contribution is 5.91. The molecule has 56 heavy (non-hydrogen) atoms. The van der Waals surface area contributed by atoms with Gasteiger partial charge in [-0.3, -0.25) is 14.4 Å². The molecule has 16 atom stereocenters. The van der Waals surface area contributed by atoms with E-state index in [-0.39, 0.29) is 101 Å². The molecule has 7 fully saturated rings. The molecule has 3 aliphatic heterocycles. The van der Waals surface area contributed by atoms with Crippen LogP contribution < -0.4 is 0 Å². The van der Waals surface area contributed by atoms with Crippen LogP contribution in [0.4, 0.5) is 0 Å². The molecular weight excluding hydrogens is 709 g/mol. The van der Waals surface area contributed by atoms with Gasteiger partial charge in [0.25, 0.3) is 0 Å². The van der Waals surface area contributed by atoms with Gasteiger partial charge in [-0.2, -0.15) is 0 Å². The Morgan fingerprint density at radius 1 is 0.893 bits per heavy atom. The fraction of sp³-hybridized carbons (Fsp3) is 0.723. The first-order valence-electron chi connectivity index (χ1n) is 21.6. The van der Waals surface area contributed by atoms with Gasteiger partial charge in [-0.15, -0.1) is 0 Å². The number of rotatable bonds is 4. The summed E-state index contributed by atoms with van der Waals surface area (Å²) in [6, 6.07) is 0. The summed E-state index contributed by atoms with van der Waals surface area (Å²) >= 11 is 0. The first-order valence-corrected chi connectivity index (χ1v) is 21.6. The Morgan fingerprint density at radius 3 is 2.32 bits per heavy atom. The average Bonchev–Trinajstić information content (AvgIpc) is 3.90. The van der Waals surface area contributed by atoms with Gasteiger partial charge in [-0.05, 0) is 108 Å². The molecular formula is C47H58O9. The van der Waals surface area contributed by atoms with Gasteiger partial charge in [-0.1, -0.05) is 61.3 Å². The van der Waals surface area contributed by atoms with E-state index in [1.165, 1.54) is 29.2 Å². The number of allylic oxidation sites excluding steroid dienone is 4. The minimum absolute atomic E-state index is 0.00295. The smallest absolute Gasteiger partial charge is 0.334 e. The van der Waals surface area contributed by atoms with Gasteiger partial charge in [0.2, 0.25) is 0 Å². The number of carbonyl (C=O) groups excluding carboxylic acids is 5. The molecule has 4 spiro atoms. The van der Waals surface area contributed by atoms with Gasteiger partial charge in [0.1, 0.15) is 30.2 Å². The molecule has 4 saturated carbocycles. The van der Waals surface area contributed by atoms with E-state index in [2.05, 4.69) is 47.3 Å². The second-order valence-corrected chi connectivity index (χ2v) is 20.3. The summed E-state index contributed by atoms with van der Waals surface area (Å²) in [5.74, 6) is -0.836. The molecule has 9 heteroatoms. The van der Waals surface area contributed by atoms with Gasteiger partial charge >= 0.3 is 23.9 Å². The minimum atomic E-state index is -0.832. The molecule has 3 heterocycles. The van der Waals surface area contributed by atoms with Crippen molar-refractivity contribution in [1.29, 1.82) is 0 Å². The zero-order chi connectivity index (χ0) is 39.6. The Bertz CT molecular complexity index is 2000. The van der Waals surface area contributed by atoms with E-state index < -0.39 is 22.3 Å². The molecule has 7 aliphatic carbocycles. The fourth-order valence-corrected chi connectivity index (χ4v) is 16.2. The molecule has 3 saturated heterocycles. The highest BCUT2D eigenvalue weighted by Gasteiger charge is 2.81. The maximum absolute atomic E-state index is 14.7. The Hall–Kier alpha value is -3.49. The molecule has 0 amide bonds. The highest BCUT2D eigenvalue weighted by Crippen LogP contribution is 2.79. The maximum atomic E-state index is 14.7. The number of fused-ring (bicyclic) bond motifs is 9. The number of hydrogen-bond donors (Lipinski definition) is 0. The molecule has 2 unspecified atom stereocenters. The Kier molecular flexibility index (Phi) is 7.76. The van der Waals surface area contributed by atoms with Gasteiger partial charge in [0.05, 0.1) is 10.8 Å². The van der Waals surface area contributed by atoms with Crippen molar-refractivity contribution in [3.05, 3.63) is 46.1 Å². The molecule has 0 radical (unpaired) electrons. The van der Waals surface area contributed by atoms with Crippen molar-refractivity contribution in [1.82, 2.24) is 0 Å². The largest absolute Gasteiger partial charge is 0.462 e. The van der Waals surface area contributed by atoms with Gasteiger partial charge in [0, 0.05) is 53.9 Å². The van der Waals surface area contributed by atoms with Crippen molar-refractivity contribution < 1.29 is 42.9 Å². The first kappa shape index (κ1) is 36.8. The van der Waals surface area contributed by atoms with Crippen molar-refractivity contribution >= 4 is 29.7 Å². The summed E-state index contributed by atoms with van der Waals surface area (Å²) in [5, 5.41) is 0. The highest BCUT2D eigenvalue weighted by atomic mass is 16.6. The number of hydrogen-bond acceptors (Lipinski definition) is 9. The third-order valence-electron chi connectivity index (χ3n) is 18.6. The molecule has 10 rings (SSSR count). The van der Waals surface area contributed by atoms with E-state index in [1.54, 1.807) is 6.92 Å².